The van der Waals surface area contributed by atoms with Crippen molar-refractivity contribution < 1.29 is 14.3 Å². The number of anilines is 2. The number of aromatic nitrogens is 3. The highest BCUT2D eigenvalue weighted by molar-refractivity contribution is 6.32. The number of nitrogens with one attached hydrogen (secondary N) is 2. The molecule has 0 radical (unpaired) electrons. The average Bonchev–Trinajstić information content (AvgIpc) is 3.33. The SMILES string of the molecule is COc1ccccc1CNc1nc(NCc2ccccc2OC)n(C(=O)/C=C/c2ccccc2Cl)n1. The maximum Gasteiger partial charge on any atom is 0.274 e. The maximum atomic E-state index is 13.1. The van der Waals surface area contributed by atoms with E-state index >= 15 is 0 Å². The first-order chi connectivity index (χ1) is 17.6. The summed E-state index contributed by atoms with van der Waals surface area (Å²) < 4.78 is 12.1. The number of hydrogen-bond donors (Lipinski definition) is 2. The molecular formula is C27H26ClN5O3. The summed E-state index contributed by atoms with van der Waals surface area (Å²) in [5.41, 5.74) is 2.58. The van der Waals surface area contributed by atoms with Crippen LogP contribution in [0.5, 0.6) is 11.5 Å². The second-order valence-corrected chi connectivity index (χ2v) is 8.10. The van der Waals surface area contributed by atoms with Gasteiger partial charge >= 0.3 is 0 Å². The molecule has 3 aromatic carbocycles. The zero-order valence-corrected chi connectivity index (χ0v) is 20.7. The van der Waals surface area contributed by atoms with E-state index in [4.69, 9.17) is 21.1 Å². The van der Waals surface area contributed by atoms with E-state index in [1.165, 1.54) is 10.8 Å². The van der Waals surface area contributed by atoms with Crippen molar-refractivity contribution in [2.45, 2.75) is 13.1 Å². The lowest BCUT2D eigenvalue weighted by molar-refractivity contribution is 0.0957. The summed E-state index contributed by atoms with van der Waals surface area (Å²) in [6.45, 7) is 0.805. The molecule has 8 nitrogen and oxygen atoms in total. The lowest BCUT2D eigenvalue weighted by atomic mass is 10.2. The third kappa shape index (κ3) is 6.03. The Balaban J connectivity index is 1.58. The fourth-order valence-corrected chi connectivity index (χ4v) is 3.74. The molecule has 0 aliphatic heterocycles. The van der Waals surface area contributed by atoms with Crippen molar-refractivity contribution in [1.82, 2.24) is 14.8 Å². The monoisotopic (exact) mass is 503 g/mol. The zero-order valence-electron chi connectivity index (χ0n) is 19.9. The first-order valence-electron chi connectivity index (χ1n) is 11.2. The molecular weight excluding hydrogens is 478 g/mol. The van der Waals surface area contributed by atoms with Gasteiger partial charge in [-0.25, -0.2) is 0 Å². The number of halogens is 1. The molecule has 0 saturated carbocycles. The molecule has 0 aliphatic carbocycles. The fourth-order valence-electron chi connectivity index (χ4n) is 3.54. The van der Waals surface area contributed by atoms with Crippen LogP contribution in [0.15, 0.2) is 78.9 Å². The Morgan fingerprint density at radius 2 is 1.47 bits per heavy atom. The summed E-state index contributed by atoms with van der Waals surface area (Å²) in [6.07, 6.45) is 3.06. The molecule has 0 unspecified atom stereocenters. The van der Waals surface area contributed by atoms with Crippen LogP contribution >= 0.6 is 11.6 Å². The maximum absolute atomic E-state index is 13.1. The topological polar surface area (TPSA) is 90.3 Å². The average molecular weight is 504 g/mol. The van der Waals surface area contributed by atoms with Crippen LogP contribution in [0.1, 0.15) is 21.5 Å². The van der Waals surface area contributed by atoms with Gasteiger partial charge in [0.1, 0.15) is 11.5 Å². The van der Waals surface area contributed by atoms with E-state index in [-0.39, 0.29) is 11.9 Å². The van der Waals surface area contributed by atoms with Crippen molar-refractivity contribution in [3.63, 3.8) is 0 Å². The number of carbonyl (C=O) groups excluding carboxylic acids is 1. The Labute approximate surface area is 214 Å². The first kappa shape index (κ1) is 24.8. The Morgan fingerprint density at radius 1 is 0.889 bits per heavy atom. The van der Waals surface area contributed by atoms with Crippen LogP contribution in [0.2, 0.25) is 5.02 Å². The first-order valence-corrected chi connectivity index (χ1v) is 11.6. The summed E-state index contributed by atoms with van der Waals surface area (Å²) in [5, 5.41) is 11.3. The molecule has 9 heteroatoms. The highest BCUT2D eigenvalue weighted by Gasteiger charge is 2.16. The molecule has 4 rings (SSSR count). The van der Waals surface area contributed by atoms with Gasteiger partial charge in [0, 0.05) is 35.3 Å². The van der Waals surface area contributed by atoms with E-state index < -0.39 is 0 Å². The fraction of sp³-hybridized carbons (Fsp3) is 0.148. The minimum absolute atomic E-state index is 0.289. The van der Waals surface area contributed by atoms with Crippen molar-refractivity contribution in [1.29, 1.82) is 0 Å². The van der Waals surface area contributed by atoms with E-state index in [1.54, 1.807) is 26.4 Å². The number of carbonyl (C=O) groups is 1. The molecule has 0 fully saturated rings. The minimum Gasteiger partial charge on any atom is -0.496 e. The van der Waals surface area contributed by atoms with Gasteiger partial charge in [-0.2, -0.15) is 9.67 Å². The van der Waals surface area contributed by atoms with E-state index in [0.29, 0.717) is 24.1 Å². The molecule has 36 heavy (non-hydrogen) atoms. The number of rotatable bonds is 10. The number of para-hydroxylation sites is 2. The lowest BCUT2D eigenvalue weighted by Crippen LogP contribution is -2.15. The highest BCUT2D eigenvalue weighted by Crippen LogP contribution is 2.21. The molecule has 1 aromatic heterocycles. The summed E-state index contributed by atoms with van der Waals surface area (Å²) in [7, 11) is 3.24. The molecule has 0 saturated heterocycles. The van der Waals surface area contributed by atoms with Gasteiger partial charge in [-0.3, -0.25) is 4.79 Å². The Morgan fingerprint density at radius 3 is 2.11 bits per heavy atom. The number of hydrogen-bond acceptors (Lipinski definition) is 7. The summed E-state index contributed by atoms with van der Waals surface area (Å²) >= 11 is 6.22. The predicted octanol–water partition coefficient (Wildman–Crippen LogP) is 5.53. The van der Waals surface area contributed by atoms with E-state index in [2.05, 4.69) is 20.7 Å². The molecule has 1 heterocycles. The molecule has 0 spiro atoms. The van der Waals surface area contributed by atoms with Gasteiger partial charge in [-0.15, -0.1) is 5.10 Å². The second-order valence-electron chi connectivity index (χ2n) is 7.69. The zero-order chi connectivity index (χ0) is 25.3. The van der Waals surface area contributed by atoms with Crippen LogP contribution in [0.4, 0.5) is 11.9 Å². The van der Waals surface area contributed by atoms with Gasteiger partial charge < -0.3 is 20.1 Å². The van der Waals surface area contributed by atoms with Gasteiger partial charge in [-0.1, -0.05) is 66.2 Å². The molecule has 0 bridgehead atoms. The normalized spacial score (nSPS) is 10.9. The molecule has 184 valence electrons. The van der Waals surface area contributed by atoms with Crippen molar-refractivity contribution in [3.8, 4) is 11.5 Å². The molecule has 0 atom stereocenters. The number of methoxy groups -OCH3 is 2. The van der Waals surface area contributed by atoms with Crippen LogP contribution < -0.4 is 20.1 Å². The van der Waals surface area contributed by atoms with E-state index in [0.717, 1.165) is 28.2 Å². The van der Waals surface area contributed by atoms with Crippen molar-refractivity contribution in [2.24, 2.45) is 0 Å². The largest absolute Gasteiger partial charge is 0.496 e. The predicted molar refractivity (Wildman–Crippen MR) is 142 cm³/mol. The lowest BCUT2D eigenvalue weighted by Gasteiger charge is -2.09. The number of benzene rings is 3. The molecule has 4 aromatic rings. The summed E-state index contributed by atoms with van der Waals surface area (Å²) in [4.78, 5) is 17.6. The minimum atomic E-state index is -0.379. The van der Waals surface area contributed by atoms with Gasteiger partial charge in [-0.05, 0) is 29.8 Å². The Kier molecular flexibility index (Phi) is 8.20. The number of nitrogens with zero attached hydrogens (tertiary/aromatic N) is 3. The number of allylic oxidation sites excluding steroid dienone is 1. The van der Waals surface area contributed by atoms with Crippen molar-refractivity contribution in [3.05, 3.63) is 101 Å². The van der Waals surface area contributed by atoms with Crippen LogP contribution in [0.25, 0.3) is 6.08 Å². The van der Waals surface area contributed by atoms with Crippen molar-refractivity contribution in [2.75, 3.05) is 24.9 Å². The van der Waals surface area contributed by atoms with Crippen molar-refractivity contribution >= 4 is 35.5 Å². The van der Waals surface area contributed by atoms with E-state index in [9.17, 15) is 4.79 Å². The van der Waals surface area contributed by atoms with Gasteiger partial charge in [0.05, 0.1) is 14.2 Å². The van der Waals surface area contributed by atoms with Gasteiger partial charge in [0.2, 0.25) is 11.9 Å². The van der Waals surface area contributed by atoms with Crippen LogP contribution in [-0.2, 0) is 13.1 Å². The second kappa shape index (κ2) is 11.9. The quantitative estimate of drug-likeness (QED) is 0.275. The Hall–Kier alpha value is -4.30. The standard InChI is InChI=1S/C27H26ClN5O3/c1-35-23-13-7-4-10-20(23)17-29-26-31-27(30-18-21-11-5-8-14-24(21)36-2)33(32-26)25(34)16-15-19-9-3-6-12-22(19)28/h3-16H,17-18H2,1-2H3,(H2,29,30,31,32)/b16-15+. The van der Waals surface area contributed by atoms with Gasteiger partial charge in [0.15, 0.2) is 0 Å². The van der Waals surface area contributed by atoms with E-state index in [1.807, 2.05) is 66.7 Å². The third-order valence-electron chi connectivity index (χ3n) is 5.39. The smallest absolute Gasteiger partial charge is 0.274 e. The Bertz CT molecular complexity index is 1370. The molecule has 0 amide bonds. The van der Waals surface area contributed by atoms with Crippen LogP contribution in [0.3, 0.4) is 0 Å². The van der Waals surface area contributed by atoms with Gasteiger partial charge in [0.25, 0.3) is 5.91 Å². The summed E-state index contributed by atoms with van der Waals surface area (Å²) in [6, 6.07) is 22.6. The van der Waals surface area contributed by atoms with Crippen LogP contribution in [-0.4, -0.2) is 34.9 Å². The highest BCUT2D eigenvalue weighted by atomic mass is 35.5. The third-order valence-corrected chi connectivity index (χ3v) is 5.73. The number of ether oxygens (including phenoxy) is 2. The molecule has 0 aliphatic rings. The summed E-state index contributed by atoms with van der Waals surface area (Å²) in [5.74, 6) is 1.68. The van der Waals surface area contributed by atoms with Crippen LogP contribution in [0, 0.1) is 0 Å². The molecule has 2 N–H and O–H groups in total.